The molecule has 1 aromatic heterocycles. The fourth-order valence-corrected chi connectivity index (χ4v) is 1.08. The third-order valence-corrected chi connectivity index (χ3v) is 1.78. The Morgan fingerprint density at radius 2 is 2.35 bits per heavy atom. The lowest BCUT2D eigenvalue weighted by Gasteiger charge is -2.06. The standard InChI is InChI=1S/C12H16N4O/c1-13-10-12(11-6-4-5-7-14-11)15-8-9-17-16(2)3/h4-8,10H,1,9H2,2-3H3/b12-10-,15-8?. The molecule has 1 heterocycles. The fourth-order valence-electron chi connectivity index (χ4n) is 1.08. The van der Waals surface area contributed by atoms with E-state index >= 15 is 0 Å². The van der Waals surface area contributed by atoms with Crippen LogP contribution in [0.3, 0.4) is 0 Å². The molecule has 0 saturated carbocycles. The largest absolute Gasteiger partial charge is 0.294 e. The molecular weight excluding hydrogens is 216 g/mol. The summed E-state index contributed by atoms with van der Waals surface area (Å²) in [7, 11) is 3.63. The van der Waals surface area contributed by atoms with Crippen molar-refractivity contribution in [3.63, 3.8) is 0 Å². The molecule has 5 heteroatoms. The zero-order valence-corrected chi connectivity index (χ0v) is 10.1. The van der Waals surface area contributed by atoms with Gasteiger partial charge in [0.25, 0.3) is 0 Å². The number of nitrogens with zero attached hydrogens (tertiary/aromatic N) is 4. The minimum atomic E-state index is 0.397. The Kier molecular flexibility index (Phi) is 5.77. The Morgan fingerprint density at radius 3 is 2.94 bits per heavy atom. The lowest BCUT2D eigenvalue weighted by atomic mass is 10.3. The van der Waals surface area contributed by atoms with E-state index < -0.39 is 0 Å². The highest BCUT2D eigenvalue weighted by atomic mass is 16.7. The quantitative estimate of drug-likeness (QED) is 0.553. The molecule has 0 fully saturated rings. The van der Waals surface area contributed by atoms with Crippen LogP contribution in [-0.2, 0) is 4.84 Å². The van der Waals surface area contributed by atoms with Crippen molar-refractivity contribution in [2.24, 2.45) is 9.98 Å². The Labute approximate surface area is 101 Å². The predicted molar refractivity (Wildman–Crippen MR) is 69.9 cm³/mol. The van der Waals surface area contributed by atoms with Crippen LogP contribution in [0, 0.1) is 0 Å². The van der Waals surface area contributed by atoms with Gasteiger partial charge in [-0.15, -0.1) is 0 Å². The maximum atomic E-state index is 5.20. The molecular formula is C12H16N4O. The van der Waals surface area contributed by atoms with Crippen molar-refractivity contribution in [3.05, 3.63) is 36.3 Å². The second-order valence-corrected chi connectivity index (χ2v) is 3.33. The van der Waals surface area contributed by atoms with Gasteiger partial charge in [0.15, 0.2) is 0 Å². The zero-order chi connectivity index (χ0) is 12.5. The molecule has 17 heavy (non-hydrogen) atoms. The number of hydrogen-bond donors (Lipinski definition) is 0. The number of rotatable bonds is 6. The van der Waals surface area contributed by atoms with Crippen LogP contribution in [0.2, 0.25) is 0 Å². The van der Waals surface area contributed by atoms with E-state index in [1.165, 1.54) is 0 Å². The van der Waals surface area contributed by atoms with Crippen molar-refractivity contribution in [2.45, 2.75) is 0 Å². The van der Waals surface area contributed by atoms with Crippen LogP contribution in [0.15, 0.2) is 40.6 Å². The molecule has 0 radical (unpaired) electrons. The van der Waals surface area contributed by atoms with Gasteiger partial charge in [-0.25, -0.2) is 0 Å². The number of aliphatic imine (C=N–C) groups is 2. The van der Waals surface area contributed by atoms with Gasteiger partial charge >= 0.3 is 0 Å². The summed E-state index contributed by atoms with van der Waals surface area (Å²) >= 11 is 0. The third-order valence-electron chi connectivity index (χ3n) is 1.78. The first kappa shape index (κ1) is 13.2. The fraction of sp³-hybridized carbons (Fsp3) is 0.250. The van der Waals surface area contributed by atoms with Crippen molar-refractivity contribution in [2.75, 3.05) is 20.7 Å². The summed E-state index contributed by atoms with van der Waals surface area (Å²) in [6.07, 6.45) is 4.93. The molecule has 0 unspecified atom stereocenters. The number of hydroxylamine groups is 2. The summed E-state index contributed by atoms with van der Waals surface area (Å²) < 4.78 is 0. The highest BCUT2D eigenvalue weighted by Gasteiger charge is 1.98. The molecule has 0 atom stereocenters. The highest BCUT2D eigenvalue weighted by Crippen LogP contribution is 2.11. The Bertz CT molecular complexity index is 398. The maximum Gasteiger partial charge on any atom is 0.106 e. The number of hydrogen-bond acceptors (Lipinski definition) is 5. The molecule has 0 aliphatic carbocycles. The first-order chi connectivity index (χ1) is 8.24. The van der Waals surface area contributed by atoms with Crippen molar-refractivity contribution in [1.29, 1.82) is 0 Å². The van der Waals surface area contributed by atoms with Gasteiger partial charge in [0.1, 0.15) is 12.3 Å². The normalized spacial score (nSPS) is 12.3. The molecule has 5 nitrogen and oxygen atoms in total. The van der Waals surface area contributed by atoms with Crippen LogP contribution < -0.4 is 0 Å². The number of pyridine rings is 1. The minimum absolute atomic E-state index is 0.397. The van der Waals surface area contributed by atoms with Crippen LogP contribution in [-0.4, -0.2) is 43.7 Å². The predicted octanol–water partition coefficient (Wildman–Crippen LogP) is 1.64. The maximum absolute atomic E-state index is 5.20. The Hall–Kier alpha value is -1.85. The third kappa shape index (κ3) is 5.14. The molecule has 0 amide bonds. The van der Waals surface area contributed by atoms with Crippen LogP contribution in [0.5, 0.6) is 0 Å². The van der Waals surface area contributed by atoms with Gasteiger partial charge in [-0.2, -0.15) is 5.06 Å². The first-order valence-corrected chi connectivity index (χ1v) is 5.14. The molecule has 0 aromatic carbocycles. The summed E-state index contributed by atoms with van der Waals surface area (Å²) in [6.45, 7) is 3.81. The smallest absolute Gasteiger partial charge is 0.106 e. The van der Waals surface area contributed by atoms with Crippen molar-refractivity contribution < 1.29 is 4.84 Å². The van der Waals surface area contributed by atoms with Gasteiger partial charge < -0.3 is 0 Å². The molecule has 0 N–H and O–H groups in total. The van der Waals surface area contributed by atoms with Gasteiger partial charge in [0, 0.05) is 26.5 Å². The van der Waals surface area contributed by atoms with E-state index in [4.69, 9.17) is 4.84 Å². The molecule has 0 bridgehead atoms. The Morgan fingerprint density at radius 1 is 1.53 bits per heavy atom. The van der Waals surface area contributed by atoms with E-state index in [9.17, 15) is 0 Å². The van der Waals surface area contributed by atoms with E-state index in [0.717, 1.165) is 5.69 Å². The second kappa shape index (κ2) is 7.43. The van der Waals surface area contributed by atoms with Gasteiger partial charge in [0.05, 0.1) is 11.9 Å². The topological polar surface area (TPSA) is 50.1 Å². The van der Waals surface area contributed by atoms with Crippen LogP contribution in [0.4, 0.5) is 0 Å². The molecule has 0 spiro atoms. The van der Waals surface area contributed by atoms with Crippen molar-refractivity contribution in [3.8, 4) is 0 Å². The molecule has 1 aromatic rings. The van der Waals surface area contributed by atoms with Crippen LogP contribution >= 0.6 is 0 Å². The zero-order valence-electron chi connectivity index (χ0n) is 10.1. The number of aromatic nitrogens is 1. The van der Waals surface area contributed by atoms with Gasteiger partial charge in [-0.05, 0) is 18.9 Å². The summed E-state index contributed by atoms with van der Waals surface area (Å²) in [6, 6.07) is 5.60. The van der Waals surface area contributed by atoms with E-state index in [2.05, 4.69) is 21.7 Å². The molecule has 0 aliphatic heterocycles. The van der Waals surface area contributed by atoms with Crippen molar-refractivity contribution in [1.82, 2.24) is 10.0 Å². The summed E-state index contributed by atoms with van der Waals surface area (Å²) in [5.74, 6) is 0. The molecule has 1 rings (SSSR count). The van der Waals surface area contributed by atoms with E-state index in [-0.39, 0.29) is 0 Å². The van der Waals surface area contributed by atoms with Crippen LogP contribution in [0.25, 0.3) is 5.70 Å². The lowest BCUT2D eigenvalue weighted by molar-refractivity contribution is -0.0994. The lowest BCUT2D eigenvalue weighted by Crippen LogP contribution is -2.13. The minimum Gasteiger partial charge on any atom is -0.294 e. The summed E-state index contributed by atoms with van der Waals surface area (Å²) in [5, 5.41) is 1.61. The molecule has 0 saturated heterocycles. The summed E-state index contributed by atoms with van der Waals surface area (Å²) in [4.78, 5) is 17.3. The van der Waals surface area contributed by atoms with E-state index in [1.807, 2.05) is 32.3 Å². The van der Waals surface area contributed by atoms with E-state index in [1.54, 1.807) is 23.7 Å². The van der Waals surface area contributed by atoms with Gasteiger partial charge in [0.2, 0.25) is 0 Å². The van der Waals surface area contributed by atoms with E-state index in [0.29, 0.717) is 12.3 Å². The van der Waals surface area contributed by atoms with Crippen LogP contribution in [0.1, 0.15) is 5.69 Å². The average Bonchev–Trinajstić information content (AvgIpc) is 2.34. The molecule has 90 valence electrons. The SMILES string of the molecule is C=N/C=C(\N=CCON(C)C)c1ccccn1. The monoisotopic (exact) mass is 232 g/mol. The average molecular weight is 232 g/mol. The van der Waals surface area contributed by atoms with Gasteiger partial charge in [-0.3, -0.25) is 19.8 Å². The molecule has 0 aliphatic rings. The second-order valence-electron chi connectivity index (χ2n) is 3.33. The van der Waals surface area contributed by atoms with Gasteiger partial charge in [-0.1, -0.05) is 6.07 Å². The summed E-state index contributed by atoms with van der Waals surface area (Å²) in [5.41, 5.74) is 1.41. The van der Waals surface area contributed by atoms with Crippen molar-refractivity contribution >= 4 is 18.6 Å². The Balaban J connectivity index is 2.69. The highest BCUT2D eigenvalue weighted by molar-refractivity contribution is 5.72. The first-order valence-electron chi connectivity index (χ1n) is 5.14.